The van der Waals surface area contributed by atoms with Crippen molar-refractivity contribution in [3.8, 4) is 5.75 Å². The molecule has 0 bridgehead atoms. The predicted molar refractivity (Wildman–Crippen MR) is 150 cm³/mol. The number of hydrogen-bond donors (Lipinski definition) is 2. The number of amides is 1. The van der Waals surface area contributed by atoms with Crippen molar-refractivity contribution in [1.82, 2.24) is 9.62 Å². The van der Waals surface area contributed by atoms with Crippen molar-refractivity contribution in [3.63, 3.8) is 0 Å². The first kappa shape index (κ1) is 28.6. The number of hydrogen-bond acceptors (Lipinski definition) is 4. The number of phenols is 1. The highest BCUT2D eigenvalue weighted by molar-refractivity contribution is 7.89. The summed E-state index contributed by atoms with van der Waals surface area (Å²) in [4.78, 5) is 12.1. The monoisotopic (exact) mass is 586 g/mol. The molecule has 4 rings (SSSR count). The first-order chi connectivity index (χ1) is 18.5. The fourth-order valence-corrected chi connectivity index (χ4v) is 6.09. The van der Waals surface area contributed by atoms with Crippen molar-refractivity contribution in [2.45, 2.75) is 31.5 Å². The number of aromatic hydroxyl groups is 1. The largest absolute Gasteiger partial charge is 0.505 e. The smallest absolute Gasteiger partial charge is 0.251 e. The maximum absolute atomic E-state index is 13.7. The van der Waals surface area contributed by atoms with Gasteiger partial charge in [-0.3, -0.25) is 4.79 Å². The van der Waals surface area contributed by atoms with Crippen molar-refractivity contribution in [3.05, 3.63) is 129 Å². The number of carbonyl (C=O) groups is 1. The molecular formula is C29H25Cl2FN2O4S. The minimum Gasteiger partial charge on any atom is -0.505 e. The Morgan fingerprint density at radius 3 is 2.23 bits per heavy atom. The quantitative estimate of drug-likeness (QED) is 0.235. The molecule has 0 aliphatic carbocycles. The van der Waals surface area contributed by atoms with Gasteiger partial charge in [-0.05, 0) is 60.0 Å². The van der Waals surface area contributed by atoms with Crippen molar-refractivity contribution in [2.75, 3.05) is 0 Å². The van der Waals surface area contributed by atoms with Gasteiger partial charge in [0, 0.05) is 30.2 Å². The fourth-order valence-electron chi connectivity index (χ4n) is 3.93. The van der Waals surface area contributed by atoms with E-state index in [-0.39, 0.29) is 35.6 Å². The fraction of sp³-hybridized carbons (Fsp3) is 0.138. The first-order valence-corrected chi connectivity index (χ1v) is 14.1. The van der Waals surface area contributed by atoms with Crippen LogP contribution in [0.3, 0.4) is 0 Å². The molecule has 0 atom stereocenters. The molecule has 0 saturated heterocycles. The van der Waals surface area contributed by atoms with Crippen LogP contribution in [0.4, 0.5) is 4.39 Å². The van der Waals surface area contributed by atoms with Crippen LogP contribution in [-0.2, 0) is 29.7 Å². The summed E-state index contributed by atoms with van der Waals surface area (Å²) >= 11 is 12.1. The second-order valence-electron chi connectivity index (χ2n) is 9.00. The van der Waals surface area contributed by atoms with E-state index in [1.807, 2.05) is 25.1 Å². The third kappa shape index (κ3) is 7.16. The average molecular weight is 588 g/mol. The van der Waals surface area contributed by atoms with Crippen LogP contribution in [0.5, 0.6) is 5.75 Å². The molecule has 0 fully saturated rings. The van der Waals surface area contributed by atoms with Crippen LogP contribution in [0.25, 0.3) is 0 Å². The lowest BCUT2D eigenvalue weighted by atomic mass is 10.1. The lowest BCUT2D eigenvalue weighted by Crippen LogP contribution is -2.30. The highest BCUT2D eigenvalue weighted by Crippen LogP contribution is 2.36. The van der Waals surface area contributed by atoms with Crippen LogP contribution in [0, 0.1) is 12.7 Å². The van der Waals surface area contributed by atoms with E-state index in [0.717, 1.165) is 21.5 Å². The molecule has 0 radical (unpaired) electrons. The van der Waals surface area contributed by atoms with E-state index in [4.69, 9.17) is 23.2 Å². The number of benzene rings is 4. The van der Waals surface area contributed by atoms with Gasteiger partial charge >= 0.3 is 0 Å². The number of rotatable bonds is 9. The summed E-state index contributed by atoms with van der Waals surface area (Å²) in [6.45, 7) is 1.98. The van der Waals surface area contributed by atoms with E-state index in [1.54, 1.807) is 30.3 Å². The van der Waals surface area contributed by atoms with Crippen LogP contribution in [0.1, 0.15) is 32.6 Å². The molecule has 39 heavy (non-hydrogen) atoms. The van der Waals surface area contributed by atoms with Gasteiger partial charge in [0.05, 0.1) is 5.02 Å². The molecule has 4 aromatic carbocycles. The molecule has 1 amide bonds. The SMILES string of the molecule is Cc1ccc(C(=O)NCc2cccc(CN(Cc3ccc(F)cc3)S(=O)(=O)c3cc(Cl)cc(Cl)c3O)c2)cc1. The zero-order valence-electron chi connectivity index (χ0n) is 20.9. The normalized spacial score (nSPS) is 11.5. The molecule has 0 heterocycles. The molecule has 202 valence electrons. The molecule has 10 heteroatoms. The summed E-state index contributed by atoms with van der Waals surface area (Å²) < 4.78 is 42.1. The number of nitrogens with zero attached hydrogens (tertiary/aromatic N) is 1. The lowest BCUT2D eigenvalue weighted by Gasteiger charge is -2.24. The Balaban J connectivity index is 1.60. The summed E-state index contributed by atoms with van der Waals surface area (Å²) in [5.74, 6) is -1.29. The Morgan fingerprint density at radius 2 is 1.54 bits per heavy atom. The third-order valence-electron chi connectivity index (χ3n) is 6.00. The van der Waals surface area contributed by atoms with Gasteiger partial charge < -0.3 is 10.4 Å². The summed E-state index contributed by atoms with van der Waals surface area (Å²) in [6, 6.07) is 22.2. The summed E-state index contributed by atoms with van der Waals surface area (Å²) in [5, 5.41) is 13.2. The van der Waals surface area contributed by atoms with Gasteiger partial charge in [-0.1, -0.05) is 77.3 Å². The van der Waals surface area contributed by atoms with Gasteiger partial charge in [0.1, 0.15) is 10.7 Å². The molecular weight excluding hydrogens is 562 g/mol. The van der Waals surface area contributed by atoms with Crippen LogP contribution < -0.4 is 5.32 Å². The van der Waals surface area contributed by atoms with E-state index in [9.17, 15) is 22.7 Å². The Kier molecular flexibility index (Phi) is 8.92. The van der Waals surface area contributed by atoms with Gasteiger partial charge in [0.2, 0.25) is 10.0 Å². The molecule has 0 unspecified atom stereocenters. The molecule has 4 aromatic rings. The van der Waals surface area contributed by atoms with Crippen molar-refractivity contribution in [2.24, 2.45) is 0 Å². The minimum absolute atomic E-state index is 0.0458. The first-order valence-electron chi connectivity index (χ1n) is 11.9. The number of carbonyl (C=O) groups excluding carboxylic acids is 1. The molecule has 2 N–H and O–H groups in total. The van der Waals surface area contributed by atoms with Crippen LogP contribution in [0.15, 0.2) is 89.8 Å². The molecule has 0 aliphatic heterocycles. The van der Waals surface area contributed by atoms with Crippen LogP contribution in [-0.4, -0.2) is 23.7 Å². The van der Waals surface area contributed by atoms with Gasteiger partial charge in [0.15, 0.2) is 5.75 Å². The number of phenolic OH excluding ortho intramolecular Hbond substituents is 1. The van der Waals surface area contributed by atoms with Gasteiger partial charge in [-0.25, -0.2) is 12.8 Å². The molecule has 0 saturated carbocycles. The van der Waals surface area contributed by atoms with Crippen LogP contribution >= 0.6 is 23.2 Å². The van der Waals surface area contributed by atoms with E-state index in [2.05, 4.69) is 5.32 Å². The highest BCUT2D eigenvalue weighted by atomic mass is 35.5. The van der Waals surface area contributed by atoms with Crippen LogP contribution in [0.2, 0.25) is 10.0 Å². The third-order valence-corrected chi connectivity index (χ3v) is 8.31. The average Bonchev–Trinajstić information content (AvgIpc) is 2.90. The molecule has 0 aliphatic rings. The lowest BCUT2D eigenvalue weighted by molar-refractivity contribution is 0.0951. The van der Waals surface area contributed by atoms with Crippen molar-refractivity contribution in [1.29, 1.82) is 0 Å². The van der Waals surface area contributed by atoms with E-state index >= 15 is 0 Å². The summed E-state index contributed by atoms with van der Waals surface area (Å²) in [6.07, 6.45) is 0. The molecule has 6 nitrogen and oxygen atoms in total. The number of nitrogens with one attached hydrogen (secondary N) is 1. The topological polar surface area (TPSA) is 86.7 Å². The van der Waals surface area contributed by atoms with Crippen molar-refractivity contribution >= 4 is 39.1 Å². The second-order valence-corrected chi connectivity index (χ2v) is 11.8. The molecule has 0 spiro atoms. The van der Waals surface area contributed by atoms with Gasteiger partial charge in [-0.15, -0.1) is 0 Å². The van der Waals surface area contributed by atoms with Gasteiger partial charge in [0.25, 0.3) is 5.91 Å². The Labute approximate surface area is 236 Å². The second kappa shape index (κ2) is 12.2. The van der Waals surface area contributed by atoms with E-state index in [1.165, 1.54) is 30.3 Å². The van der Waals surface area contributed by atoms with E-state index in [0.29, 0.717) is 16.7 Å². The maximum Gasteiger partial charge on any atom is 0.251 e. The summed E-state index contributed by atoms with van der Waals surface area (Å²) in [5.41, 5.74) is 3.52. The Morgan fingerprint density at radius 1 is 0.897 bits per heavy atom. The molecule has 0 aromatic heterocycles. The Bertz CT molecular complexity index is 1600. The van der Waals surface area contributed by atoms with Crippen molar-refractivity contribution < 1.29 is 22.7 Å². The van der Waals surface area contributed by atoms with E-state index < -0.39 is 26.5 Å². The zero-order chi connectivity index (χ0) is 28.2. The number of sulfonamides is 1. The number of halogens is 3. The Hall–Kier alpha value is -3.43. The summed E-state index contributed by atoms with van der Waals surface area (Å²) in [7, 11) is -4.31. The number of aryl methyl sites for hydroxylation is 1. The standard InChI is InChI=1S/C29H25Cl2FN2O4S/c1-19-5-9-23(10-6-19)29(36)33-16-21-3-2-4-22(13-21)18-34(17-20-7-11-25(32)12-8-20)39(37,38)27-15-24(30)14-26(31)28(27)35/h2-15,35H,16-18H2,1H3,(H,33,36). The van der Waals surface area contributed by atoms with Gasteiger partial charge in [-0.2, -0.15) is 4.31 Å². The minimum atomic E-state index is -4.31. The predicted octanol–water partition coefficient (Wildman–Crippen LogP) is 6.47. The highest BCUT2D eigenvalue weighted by Gasteiger charge is 2.29. The zero-order valence-corrected chi connectivity index (χ0v) is 23.2. The maximum atomic E-state index is 13.7.